The third-order valence-electron chi connectivity index (χ3n) is 6.01. The van der Waals surface area contributed by atoms with Crippen LogP contribution in [0.5, 0.6) is 0 Å². The number of hydrogen-bond donors (Lipinski definition) is 1. The van der Waals surface area contributed by atoms with Gasteiger partial charge >= 0.3 is 0 Å². The maximum Gasteiger partial charge on any atom is 0.255 e. The first-order valence-electron chi connectivity index (χ1n) is 10.2. The van der Waals surface area contributed by atoms with Crippen LogP contribution in [-0.4, -0.2) is 70.2 Å². The molecule has 2 bridgehead atoms. The number of carbonyl (C=O) groups is 2. The monoisotopic (exact) mass is 375 g/mol. The van der Waals surface area contributed by atoms with E-state index < -0.39 is 0 Å². The molecule has 7 nitrogen and oxygen atoms in total. The topological polar surface area (TPSA) is 70.5 Å². The number of likely N-dealkylation sites (N-methyl/N-ethyl adjacent to an activating group) is 1. The van der Waals surface area contributed by atoms with Crippen LogP contribution in [0.3, 0.4) is 0 Å². The molecule has 2 amide bonds. The molecule has 1 aromatic rings. The fourth-order valence-corrected chi connectivity index (χ4v) is 4.29. The van der Waals surface area contributed by atoms with Crippen LogP contribution in [0.15, 0.2) is 6.20 Å². The second-order valence-corrected chi connectivity index (χ2v) is 8.33. The zero-order chi connectivity index (χ0) is 19.7. The van der Waals surface area contributed by atoms with Crippen LogP contribution in [0.2, 0.25) is 0 Å². The fraction of sp³-hybridized carbons (Fsp3) is 0.750. The van der Waals surface area contributed by atoms with Crippen molar-refractivity contribution in [3.8, 4) is 0 Å². The molecule has 3 aliphatic rings. The summed E-state index contributed by atoms with van der Waals surface area (Å²) in [6.45, 7) is 11.2. The van der Waals surface area contributed by atoms with Crippen molar-refractivity contribution in [1.29, 1.82) is 0 Å². The molecule has 3 atom stereocenters. The zero-order valence-electron chi connectivity index (χ0n) is 17.2. The van der Waals surface area contributed by atoms with Crippen LogP contribution < -0.4 is 5.32 Å². The van der Waals surface area contributed by atoms with Gasteiger partial charge < -0.3 is 10.2 Å². The molecule has 7 heteroatoms. The van der Waals surface area contributed by atoms with Gasteiger partial charge in [-0.25, -0.2) is 0 Å². The van der Waals surface area contributed by atoms with Crippen molar-refractivity contribution < 1.29 is 9.59 Å². The van der Waals surface area contributed by atoms with Gasteiger partial charge in [-0.05, 0) is 31.6 Å². The molecule has 4 rings (SSSR count). The average Bonchev–Trinajstić information content (AvgIpc) is 3.30. The van der Waals surface area contributed by atoms with Gasteiger partial charge in [0.05, 0.1) is 24.0 Å². The number of hydrogen-bond acceptors (Lipinski definition) is 4. The van der Waals surface area contributed by atoms with Crippen molar-refractivity contribution in [3.63, 3.8) is 0 Å². The van der Waals surface area contributed by atoms with Crippen LogP contribution in [-0.2, 0) is 17.8 Å². The van der Waals surface area contributed by atoms with Crippen molar-refractivity contribution in [2.75, 3.05) is 26.7 Å². The van der Waals surface area contributed by atoms with E-state index in [-0.39, 0.29) is 23.9 Å². The van der Waals surface area contributed by atoms with Crippen molar-refractivity contribution in [2.45, 2.75) is 59.2 Å². The van der Waals surface area contributed by atoms with E-state index in [9.17, 15) is 9.59 Å². The first-order valence-corrected chi connectivity index (χ1v) is 10.2. The van der Waals surface area contributed by atoms with Crippen LogP contribution in [0, 0.1) is 11.8 Å². The highest BCUT2D eigenvalue weighted by Gasteiger charge is 2.53. The number of rotatable bonds is 8. The maximum atomic E-state index is 12.9. The molecule has 1 aliphatic carbocycles. The Labute approximate surface area is 162 Å². The first kappa shape index (κ1) is 19.9. The summed E-state index contributed by atoms with van der Waals surface area (Å²) >= 11 is 0. The van der Waals surface area contributed by atoms with E-state index in [1.54, 1.807) is 11.1 Å². The molecule has 3 unspecified atom stereocenters. The Morgan fingerprint density at radius 2 is 2.11 bits per heavy atom. The van der Waals surface area contributed by atoms with Crippen LogP contribution in [0.4, 0.5) is 0 Å². The first-order chi connectivity index (χ1) is 12.8. The Kier molecular flexibility index (Phi) is 5.89. The Balaban J connectivity index is 1.62. The Hall–Kier alpha value is -1.89. The smallest absolute Gasteiger partial charge is 0.255 e. The minimum Gasteiger partial charge on any atom is -0.347 e. The summed E-state index contributed by atoms with van der Waals surface area (Å²) in [5, 5.41) is 7.66. The van der Waals surface area contributed by atoms with Crippen molar-refractivity contribution >= 4 is 11.8 Å². The minimum atomic E-state index is -0.0274. The van der Waals surface area contributed by atoms with E-state index in [1.807, 2.05) is 18.7 Å². The number of amides is 2. The summed E-state index contributed by atoms with van der Waals surface area (Å²) in [4.78, 5) is 29.1. The lowest BCUT2D eigenvalue weighted by Gasteiger charge is -2.37. The van der Waals surface area contributed by atoms with Gasteiger partial charge in [-0.3, -0.25) is 19.2 Å². The second kappa shape index (κ2) is 8.00. The van der Waals surface area contributed by atoms with Crippen LogP contribution in [0.25, 0.3) is 0 Å². The van der Waals surface area contributed by atoms with E-state index in [0.717, 1.165) is 38.2 Å². The molecular weight excluding hydrogens is 342 g/mol. The van der Waals surface area contributed by atoms with Crippen molar-refractivity contribution in [1.82, 2.24) is 24.9 Å². The van der Waals surface area contributed by atoms with Gasteiger partial charge in [-0.1, -0.05) is 20.8 Å². The number of aromatic nitrogens is 2. The van der Waals surface area contributed by atoms with Gasteiger partial charge in [0.25, 0.3) is 5.91 Å². The lowest BCUT2D eigenvalue weighted by atomic mass is 9.80. The van der Waals surface area contributed by atoms with E-state index in [4.69, 9.17) is 0 Å². The van der Waals surface area contributed by atoms with Gasteiger partial charge in [-0.2, -0.15) is 5.10 Å². The fourth-order valence-electron chi connectivity index (χ4n) is 4.29. The van der Waals surface area contributed by atoms with E-state index in [2.05, 4.69) is 36.1 Å². The molecule has 1 saturated carbocycles. The number of fused-ring (bicyclic) bond motifs is 1. The van der Waals surface area contributed by atoms with Crippen LogP contribution >= 0.6 is 0 Å². The van der Waals surface area contributed by atoms with Gasteiger partial charge in [-0.15, -0.1) is 0 Å². The highest BCUT2D eigenvalue weighted by Crippen LogP contribution is 2.41. The molecular formula is C20H33N5O2. The van der Waals surface area contributed by atoms with Crippen molar-refractivity contribution in [2.24, 2.45) is 11.8 Å². The second-order valence-electron chi connectivity index (χ2n) is 8.33. The summed E-state index contributed by atoms with van der Waals surface area (Å²) in [6, 6.07) is 0.430. The predicted octanol–water partition coefficient (Wildman–Crippen LogP) is 1.38. The quantitative estimate of drug-likeness (QED) is 0.745. The molecule has 0 spiro atoms. The van der Waals surface area contributed by atoms with E-state index >= 15 is 0 Å². The lowest BCUT2D eigenvalue weighted by molar-refractivity contribution is -0.131. The maximum absolute atomic E-state index is 12.9. The van der Waals surface area contributed by atoms with Crippen LogP contribution in [0.1, 0.15) is 50.2 Å². The SMILES string of the molecule is CCc1c(C(=O)NC2C3CC2N(CC(=O)N(C)CC)C3)cnn1CC(C)C. The third-order valence-corrected chi connectivity index (χ3v) is 6.01. The zero-order valence-corrected chi connectivity index (χ0v) is 17.2. The largest absolute Gasteiger partial charge is 0.347 e. The van der Waals surface area contributed by atoms with E-state index in [0.29, 0.717) is 23.9 Å². The van der Waals surface area contributed by atoms with Crippen molar-refractivity contribution in [3.05, 3.63) is 17.5 Å². The lowest BCUT2D eigenvalue weighted by Crippen LogP contribution is -2.55. The number of nitrogens with zero attached hydrogens (tertiary/aromatic N) is 4. The summed E-state index contributed by atoms with van der Waals surface area (Å²) in [7, 11) is 1.84. The number of nitrogens with one attached hydrogen (secondary N) is 1. The number of carbonyl (C=O) groups excluding carboxylic acids is 2. The molecule has 2 aliphatic heterocycles. The highest BCUT2D eigenvalue weighted by atomic mass is 16.2. The third kappa shape index (κ3) is 3.88. The summed E-state index contributed by atoms with van der Waals surface area (Å²) in [6.07, 6.45) is 3.56. The Morgan fingerprint density at radius 3 is 2.74 bits per heavy atom. The predicted molar refractivity (Wildman–Crippen MR) is 104 cm³/mol. The Morgan fingerprint density at radius 1 is 1.37 bits per heavy atom. The van der Waals surface area contributed by atoms with Gasteiger partial charge in [0, 0.05) is 38.8 Å². The standard InChI is InChI=1S/C20H33N5O2/c1-6-16-15(9-21-25(16)10-13(3)4)20(27)22-19-14-8-17(19)24(11-14)12-18(26)23(5)7-2/h9,13-14,17,19H,6-8,10-12H2,1-5H3,(H,22,27). The Bertz CT molecular complexity index is 699. The summed E-state index contributed by atoms with van der Waals surface area (Å²) < 4.78 is 1.96. The summed E-state index contributed by atoms with van der Waals surface area (Å²) in [5.41, 5.74) is 1.70. The highest BCUT2D eigenvalue weighted by molar-refractivity contribution is 5.95. The molecule has 27 heavy (non-hydrogen) atoms. The van der Waals surface area contributed by atoms with E-state index in [1.165, 1.54) is 0 Å². The molecule has 1 aromatic heterocycles. The molecule has 1 N–H and O–H groups in total. The molecule has 2 saturated heterocycles. The van der Waals surface area contributed by atoms with Gasteiger partial charge in [0.2, 0.25) is 5.91 Å². The molecule has 150 valence electrons. The molecule has 3 fully saturated rings. The molecule has 3 heterocycles. The van der Waals surface area contributed by atoms with Gasteiger partial charge in [0.1, 0.15) is 0 Å². The minimum absolute atomic E-state index is 0.0274. The van der Waals surface area contributed by atoms with Gasteiger partial charge in [0.15, 0.2) is 0 Å². The average molecular weight is 376 g/mol. The molecule has 0 radical (unpaired) electrons. The normalized spacial score (nSPS) is 24.1. The summed E-state index contributed by atoms with van der Waals surface area (Å²) in [5.74, 6) is 1.06. The molecule has 0 aromatic carbocycles.